The van der Waals surface area contributed by atoms with Crippen LogP contribution in [-0.4, -0.2) is 307 Å². The van der Waals surface area contributed by atoms with E-state index in [0.717, 1.165) is 47.5 Å². The highest BCUT2D eigenvalue weighted by Crippen LogP contribution is 2.41. The first kappa shape index (κ1) is 105. The Morgan fingerprint density at radius 1 is 0.695 bits per heavy atom. The summed E-state index contributed by atoms with van der Waals surface area (Å²) in [7, 11) is 4.52. The molecule has 0 spiro atoms. The molecule has 7 aliphatic rings. The largest absolute Gasteiger partial charge is 0.460 e. The lowest BCUT2D eigenvalue weighted by molar-refractivity contribution is -0.265. The first-order valence-corrected chi connectivity index (χ1v) is 49.8. The molecule has 6 aliphatic heterocycles. The predicted molar refractivity (Wildman–Crippen MR) is 525 cm³/mol. The zero-order valence-corrected chi connectivity index (χ0v) is 82.9. The third kappa shape index (κ3) is 27.1. The van der Waals surface area contributed by atoms with Crippen molar-refractivity contribution in [3.63, 3.8) is 0 Å². The maximum Gasteiger partial charge on any atom is 0.329 e. The number of amides is 4. The molecule has 11 heterocycles. The smallest absolute Gasteiger partial charge is 0.329 e. The minimum Gasteiger partial charge on any atom is -0.460 e. The number of rotatable bonds is 28. The van der Waals surface area contributed by atoms with Gasteiger partial charge >= 0.3 is 11.9 Å². The number of allylic oxidation sites excluding steroid dienone is 5. The third-order valence-electron chi connectivity index (χ3n) is 28.9. The van der Waals surface area contributed by atoms with E-state index in [2.05, 4.69) is 68.2 Å². The Bertz CT molecular complexity index is 5580. The van der Waals surface area contributed by atoms with Gasteiger partial charge in [0.1, 0.15) is 53.8 Å². The molecule has 14 rings (SSSR count). The standard InChI is InChI=1S/C103H140N18O20/c1-63-17-12-11-13-18-64(2)83(133-8)53-77-26-21-69(7)103(132,141-77)94(128)98(130)120-32-15-14-19-79(120)99(131)139-84(54-80(122)65(3)48-68(6)92(127)93(135-10)91(126)67(5)47-63)66(4)49-70-23-27-82(85(51-70)134-9)138-88(125)20-16-43-136-44-30-86(123)106-55-72-56-107-101(108-57-72)118-40-38-116(39-41-118)87(124)31-45-137-46-42-115-34-36-117(37-35-115)102-109-58-76(59-110-102)97(129)119-33-29-73-50-71(22-24-75(73)61-119)60-121-96-89(95(104)111-62-112-96)90(114-121)74-25-28-81-78(52-74)113-100(105)140-81/h11-13,17-18,22,24-25,28,48,50,52,56-59,62-63,65-67,69-70,77,79-80,82-85,92-93,122,127,132H,14-16,19-21,23,26-27,29-47,49,51,53-55,60-61H2,1-10H3,(H2,105,113)(H,106,123)(H2,104,111,112)/b13-11+,17-12+,64-18+,68-48+/t63-,65-,66-,67-,69-,70+,77+,79+,80-,82-,83+,84+,85-,92-,93+,103-/m1/s1. The topological polar surface area (TPSA) is 476 Å². The fraction of sp³-hybridized carbons (Fsp3) is 0.592. The van der Waals surface area contributed by atoms with Crippen LogP contribution in [0.15, 0.2) is 120 Å². The Labute approximate surface area is 823 Å². The van der Waals surface area contributed by atoms with Crippen LogP contribution in [-0.2, 0) is 97.5 Å². The average molecular weight is 1950 g/mol. The number of cyclic esters (lactones) is 1. The number of nitrogens with two attached hydrogens (primary N) is 2. The molecule has 8 N–H and O–H groups in total. The molecule has 1 aliphatic carbocycles. The molecule has 0 unspecified atom stereocenters. The zero-order valence-electron chi connectivity index (χ0n) is 82.9. The molecule has 38 nitrogen and oxygen atoms in total. The number of hydrogen-bond acceptors (Lipinski definition) is 33. The number of aromatic nitrogens is 9. The lowest BCUT2D eigenvalue weighted by atomic mass is 9.78. The number of oxazole rings is 1. The van der Waals surface area contributed by atoms with Crippen molar-refractivity contribution in [1.29, 1.82) is 0 Å². The molecule has 0 radical (unpaired) electrons. The van der Waals surface area contributed by atoms with Crippen molar-refractivity contribution in [2.75, 3.05) is 141 Å². The summed E-state index contributed by atoms with van der Waals surface area (Å²) in [6.45, 7) is 21.5. The van der Waals surface area contributed by atoms with Gasteiger partial charge in [0.15, 0.2) is 17.0 Å². The fourth-order valence-corrected chi connectivity index (χ4v) is 20.3. The molecule has 38 heteroatoms. The summed E-state index contributed by atoms with van der Waals surface area (Å²) in [5.41, 5.74) is 21.1. The van der Waals surface area contributed by atoms with Crippen LogP contribution in [0.1, 0.15) is 184 Å². The number of fused-ring (bicyclic) bond motifs is 6. The van der Waals surface area contributed by atoms with Gasteiger partial charge in [-0.1, -0.05) is 89.3 Å². The number of nitrogen functional groups attached to an aromatic ring is 2. The second-order valence-corrected chi connectivity index (χ2v) is 39.0. The number of nitrogens with one attached hydrogen (secondary N) is 1. The van der Waals surface area contributed by atoms with E-state index < -0.39 is 108 Å². The quantitative estimate of drug-likeness (QED) is 0.0115. The van der Waals surface area contributed by atoms with Crippen LogP contribution in [0.25, 0.3) is 33.4 Å². The van der Waals surface area contributed by atoms with E-state index in [0.29, 0.717) is 205 Å². The second kappa shape index (κ2) is 49.5. The Balaban J connectivity index is 0.462. The highest BCUT2D eigenvalue weighted by molar-refractivity contribution is 6.39. The second-order valence-electron chi connectivity index (χ2n) is 39.0. The number of esters is 2. The van der Waals surface area contributed by atoms with Gasteiger partial charge in [-0.2, -0.15) is 10.1 Å². The number of hydrogen-bond donors (Lipinski definition) is 6. The summed E-state index contributed by atoms with van der Waals surface area (Å²) in [6, 6.07) is 10.7. The van der Waals surface area contributed by atoms with E-state index in [9.17, 15) is 53.7 Å². The molecule has 2 bridgehead atoms. The van der Waals surface area contributed by atoms with Gasteiger partial charge in [0.2, 0.25) is 29.5 Å². The molecule has 4 amide bonds. The number of ketones is 2. The van der Waals surface area contributed by atoms with Gasteiger partial charge in [-0.15, -0.1) is 0 Å². The number of piperidine rings is 1. The molecule has 5 aromatic heterocycles. The van der Waals surface area contributed by atoms with Gasteiger partial charge in [0, 0.05) is 192 Å². The SMILES string of the molecule is CO[C@H]1C[C@@H]2CC[C@@H](C)[C@@](O)(O2)C(=O)C(=O)N2CCCC[C@H]2C(=O)O[C@H]([C@H](C)C[C@@H]2CC[C@@H](OC(=O)CCCOCCC(=O)NCc3cnc(N4CCN(C(=O)CCOCCN5CCN(c6ncc(C(=O)N7CCc8cc(Cn9nc(-c%10ccc%11oc(N)nc%11c%10)c%10c(N)ncnc%109)ccc8C7)cn6)CC5)CC4)nc3)[C@H](OC)C2)C[C@@H](O)[C@H](C)/C=C(\C)[C@@H](O)[C@@H](OC)C(=O)[C@H](C)C[C@H](C)/C=C/C=C/C=C/1C. The number of piperazine rings is 2. The molecule has 7 aromatic rings. The highest BCUT2D eigenvalue weighted by atomic mass is 16.6. The molecule has 1 saturated carbocycles. The van der Waals surface area contributed by atoms with Crippen LogP contribution in [0.5, 0.6) is 0 Å². The van der Waals surface area contributed by atoms with Crippen molar-refractivity contribution in [2.24, 2.45) is 35.5 Å². The van der Waals surface area contributed by atoms with Crippen molar-refractivity contribution in [3.8, 4) is 11.3 Å². The van der Waals surface area contributed by atoms with E-state index >= 15 is 0 Å². The first-order chi connectivity index (χ1) is 67.9. The summed E-state index contributed by atoms with van der Waals surface area (Å²) in [6.07, 6.45) is 18.9. The summed E-state index contributed by atoms with van der Waals surface area (Å²) in [5.74, 6) is -7.33. The van der Waals surface area contributed by atoms with Crippen LogP contribution in [0.3, 0.4) is 0 Å². The van der Waals surface area contributed by atoms with Crippen molar-refractivity contribution in [3.05, 3.63) is 143 Å². The van der Waals surface area contributed by atoms with Crippen LogP contribution in [0.2, 0.25) is 0 Å². The molecule has 141 heavy (non-hydrogen) atoms. The van der Waals surface area contributed by atoms with E-state index in [4.69, 9.17) is 58.9 Å². The van der Waals surface area contributed by atoms with Crippen LogP contribution >= 0.6 is 0 Å². The predicted octanol–water partition coefficient (Wildman–Crippen LogP) is 8.84. The number of aliphatic hydroxyl groups excluding tert-OH is 2. The maximum absolute atomic E-state index is 14.8. The summed E-state index contributed by atoms with van der Waals surface area (Å²) < 4.78 is 55.3. The Hall–Kier alpha value is -11.5. The van der Waals surface area contributed by atoms with Crippen molar-refractivity contribution in [1.82, 2.24) is 69.6 Å². The number of carbonyl (C=O) groups excluding carboxylic acids is 8. The Kier molecular flexibility index (Phi) is 37.0. The minimum absolute atomic E-state index is 0.00533. The summed E-state index contributed by atoms with van der Waals surface area (Å²) >= 11 is 0. The molecule has 4 saturated heterocycles. The Morgan fingerprint density at radius 2 is 1.43 bits per heavy atom. The third-order valence-corrected chi connectivity index (χ3v) is 28.9. The van der Waals surface area contributed by atoms with Gasteiger partial charge in [-0.05, 0) is 155 Å². The van der Waals surface area contributed by atoms with Crippen molar-refractivity contribution < 1.29 is 96.0 Å². The average Bonchev–Trinajstić information content (AvgIpc) is 1.62. The first-order valence-electron chi connectivity index (χ1n) is 49.8. The number of anilines is 4. The normalized spacial score (nSPS) is 27.4. The number of Topliss-reactive ketones (excluding diaryl/α,β-unsaturated/α-hetero) is 2. The van der Waals surface area contributed by atoms with Crippen molar-refractivity contribution >= 4 is 93.0 Å². The lowest BCUT2D eigenvalue weighted by Gasteiger charge is -2.43. The van der Waals surface area contributed by atoms with E-state index in [1.807, 2.05) is 89.6 Å². The van der Waals surface area contributed by atoms with Gasteiger partial charge < -0.3 is 98.9 Å². The van der Waals surface area contributed by atoms with Gasteiger partial charge in [-0.3, -0.25) is 38.5 Å². The van der Waals surface area contributed by atoms with Crippen LogP contribution in [0, 0.1) is 35.5 Å². The number of ether oxygens (including phenoxy) is 8. The van der Waals surface area contributed by atoms with Gasteiger partial charge in [0.25, 0.3) is 23.6 Å². The fourth-order valence-electron chi connectivity index (χ4n) is 20.3. The monoisotopic (exact) mass is 1950 g/mol. The zero-order chi connectivity index (χ0) is 100. The van der Waals surface area contributed by atoms with Gasteiger partial charge in [0.05, 0.1) is 68.2 Å². The molecule has 762 valence electrons. The molecule has 2 aromatic carbocycles. The molecule has 5 fully saturated rings. The molecular weight excluding hydrogens is 1810 g/mol. The van der Waals surface area contributed by atoms with Gasteiger partial charge in [-0.25, -0.2) is 39.4 Å². The summed E-state index contributed by atoms with van der Waals surface area (Å²) in [5, 5.41) is 44.5. The number of benzene rings is 2. The number of carbonyl (C=O) groups is 8. The summed E-state index contributed by atoms with van der Waals surface area (Å²) in [4.78, 5) is 154. The van der Waals surface area contributed by atoms with Crippen LogP contribution in [0.4, 0.5) is 23.7 Å². The number of methoxy groups -OCH3 is 3. The highest BCUT2D eigenvalue weighted by Gasteiger charge is 2.54. The van der Waals surface area contributed by atoms with Crippen molar-refractivity contribution in [2.45, 2.75) is 238 Å². The van der Waals surface area contributed by atoms with E-state index in [-0.39, 0.29) is 106 Å². The number of nitrogens with zero attached hydrogens (tertiary/aromatic N) is 15. The lowest BCUT2D eigenvalue weighted by Crippen LogP contribution is -2.61. The Morgan fingerprint density at radius 3 is 2.18 bits per heavy atom. The molecule has 16 atom stereocenters. The van der Waals surface area contributed by atoms with E-state index in [1.54, 1.807) is 71.9 Å². The number of aliphatic hydroxyl groups is 3. The minimum atomic E-state index is -2.48. The molecular formula is C103H140N18O20. The maximum atomic E-state index is 14.8. The van der Waals surface area contributed by atoms with E-state index in [1.165, 1.54) is 18.3 Å². The van der Waals surface area contributed by atoms with Crippen LogP contribution < -0.4 is 26.6 Å².